The van der Waals surface area contributed by atoms with Crippen molar-refractivity contribution in [2.24, 2.45) is 5.92 Å². The minimum absolute atomic E-state index is 0.0136. The number of carbonyl (C=O) groups is 2. The Morgan fingerprint density at radius 3 is 2.42 bits per heavy atom. The number of likely N-dealkylation sites (N-methyl/N-ethyl adjacent to an activating group) is 1. The average Bonchev–Trinajstić information content (AvgIpc) is 3.14. The van der Waals surface area contributed by atoms with Crippen LogP contribution in [-0.4, -0.2) is 65.7 Å². The van der Waals surface area contributed by atoms with Gasteiger partial charge in [0, 0.05) is 12.8 Å². The Morgan fingerprint density at radius 2 is 1.84 bits per heavy atom. The lowest BCUT2D eigenvalue weighted by atomic mass is 10.0. The van der Waals surface area contributed by atoms with E-state index in [1.807, 2.05) is 19.9 Å². The molecule has 3 N–H and O–H groups in total. The summed E-state index contributed by atoms with van der Waals surface area (Å²) in [5.41, 5.74) is 6.13. The molecule has 0 aliphatic carbocycles. The van der Waals surface area contributed by atoms with E-state index in [0.717, 1.165) is 15.0 Å². The van der Waals surface area contributed by atoms with E-state index < -0.39 is 33.5 Å². The van der Waals surface area contributed by atoms with Crippen LogP contribution in [0.15, 0.2) is 40.3 Å². The van der Waals surface area contributed by atoms with E-state index in [0.29, 0.717) is 12.8 Å². The van der Waals surface area contributed by atoms with Crippen LogP contribution in [0, 0.1) is 10.7 Å². The van der Waals surface area contributed by atoms with Gasteiger partial charge in [0.15, 0.2) is 11.5 Å². The second kappa shape index (κ2) is 11.8. The van der Waals surface area contributed by atoms with Crippen molar-refractivity contribution < 1.29 is 18.5 Å². The van der Waals surface area contributed by atoms with Gasteiger partial charge in [-0.25, -0.2) is 32.9 Å². The monoisotopic (exact) mass is 545 g/mol. The second-order valence-corrected chi connectivity index (χ2v) is 11.5. The molecule has 12 nitrogen and oxygen atoms in total. The molecular formula is C25H35N7O5S. The topological polar surface area (TPSA) is 166 Å². The molecule has 38 heavy (non-hydrogen) atoms. The fourth-order valence-electron chi connectivity index (χ4n) is 4.15. The molecule has 0 saturated heterocycles. The molecule has 0 spiro atoms. The minimum atomic E-state index is -3.38. The largest absolute Gasteiger partial charge is 0.464 e. The zero-order valence-electron chi connectivity index (χ0n) is 22.3. The standard InChI is InChI=1S/C25H35N7O5S/c1-6-13-38(27,36)23-28-20(26)19-21(29-23)31(15-17-11-9-8-10-12-17)25(35)32(19)24(34)30(5)18(14-16(3)4)22(33)37-7-2/h8-12,16,18,27H,6-7,13-15H2,1-5H3,(H2,26,28,29)/t18-,38?/m0/s1. The Morgan fingerprint density at radius 1 is 1.18 bits per heavy atom. The summed E-state index contributed by atoms with van der Waals surface area (Å²) < 4.78 is 28.5. The van der Waals surface area contributed by atoms with E-state index in [1.165, 1.54) is 11.6 Å². The van der Waals surface area contributed by atoms with Gasteiger partial charge in [0.25, 0.3) is 0 Å². The van der Waals surface area contributed by atoms with Crippen molar-refractivity contribution in [1.29, 1.82) is 4.78 Å². The third-order valence-corrected chi connectivity index (χ3v) is 7.71. The van der Waals surface area contributed by atoms with E-state index in [1.54, 1.807) is 38.1 Å². The van der Waals surface area contributed by atoms with Crippen molar-refractivity contribution in [3.63, 3.8) is 0 Å². The number of amides is 1. The smallest absolute Gasteiger partial charge is 0.339 e. The highest BCUT2D eigenvalue weighted by molar-refractivity contribution is 7.92. The maximum absolute atomic E-state index is 13.8. The predicted octanol–water partition coefficient (Wildman–Crippen LogP) is 2.92. The Bertz CT molecular complexity index is 1480. The first kappa shape index (κ1) is 28.8. The molecule has 0 saturated carbocycles. The normalized spacial score (nSPS) is 13.8. The van der Waals surface area contributed by atoms with E-state index in [2.05, 4.69) is 9.97 Å². The first-order valence-electron chi connectivity index (χ1n) is 12.5. The van der Waals surface area contributed by atoms with Crippen LogP contribution in [0.3, 0.4) is 0 Å². The number of nitrogen functional groups attached to an aromatic ring is 1. The number of nitrogens with zero attached hydrogens (tertiary/aromatic N) is 5. The molecule has 0 fully saturated rings. The van der Waals surface area contributed by atoms with Crippen molar-refractivity contribution in [3.05, 3.63) is 46.4 Å². The number of aromatic nitrogens is 4. The van der Waals surface area contributed by atoms with Crippen LogP contribution in [0.25, 0.3) is 11.2 Å². The summed E-state index contributed by atoms with van der Waals surface area (Å²) in [6.45, 7) is 7.45. The Hall–Kier alpha value is -3.74. The lowest BCUT2D eigenvalue weighted by Gasteiger charge is -2.27. The highest BCUT2D eigenvalue weighted by Crippen LogP contribution is 2.23. The van der Waals surface area contributed by atoms with Crippen LogP contribution in [0.5, 0.6) is 0 Å². The molecule has 0 bridgehead atoms. The molecule has 1 aromatic carbocycles. The van der Waals surface area contributed by atoms with Gasteiger partial charge in [0.05, 0.1) is 13.2 Å². The summed E-state index contributed by atoms with van der Waals surface area (Å²) in [5.74, 6) is -0.781. The van der Waals surface area contributed by atoms with Gasteiger partial charge in [-0.05, 0) is 31.2 Å². The van der Waals surface area contributed by atoms with Crippen LogP contribution in [0.2, 0.25) is 0 Å². The Kier molecular flexibility index (Phi) is 8.92. The van der Waals surface area contributed by atoms with Gasteiger partial charge < -0.3 is 15.4 Å². The summed E-state index contributed by atoms with van der Waals surface area (Å²) >= 11 is 0. The summed E-state index contributed by atoms with van der Waals surface area (Å²) in [6, 6.07) is 7.30. The fraction of sp³-hybridized carbons (Fsp3) is 0.480. The number of hydrogen-bond acceptors (Lipinski definition) is 9. The van der Waals surface area contributed by atoms with Crippen molar-refractivity contribution in [2.45, 2.75) is 58.3 Å². The van der Waals surface area contributed by atoms with E-state index in [9.17, 15) is 18.6 Å². The van der Waals surface area contributed by atoms with Crippen molar-refractivity contribution in [1.82, 2.24) is 24.0 Å². The summed E-state index contributed by atoms with van der Waals surface area (Å²) in [7, 11) is -1.96. The molecule has 2 atom stereocenters. The number of nitrogens with two attached hydrogens (primary N) is 1. The highest BCUT2D eigenvalue weighted by atomic mass is 32.2. The molecule has 0 aliphatic heterocycles. The van der Waals surface area contributed by atoms with Gasteiger partial charge in [-0.15, -0.1) is 0 Å². The first-order chi connectivity index (χ1) is 17.9. The minimum Gasteiger partial charge on any atom is -0.464 e. The quantitative estimate of drug-likeness (QED) is 0.290. The fourth-order valence-corrected chi connectivity index (χ4v) is 5.39. The number of ether oxygens (including phenoxy) is 1. The van der Waals surface area contributed by atoms with Gasteiger partial charge >= 0.3 is 17.7 Å². The lowest BCUT2D eigenvalue weighted by molar-refractivity contribution is -0.148. The van der Waals surface area contributed by atoms with Gasteiger partial charge in [-0.3, -0.25) is 4.57 Å². The van der Waals surface area contributed by atoms with E-state index in [4.69, 9.17) is 15.3 Å². The van der Waals surface area contributed by atoms with Crippen LogP contribution in [-0.2, 0) is 25.8 Å². The number of carbonyl (C=O) groups excluding carboxylic acids is 2. The Labute approximate surface area is 221 Å². The number of imidazole rings is 1. The molecule has 3 rings (SSSR count). The van der Waals surface area contributed by atoms with Gasteiger partial charge in [0.1, 0.15) is 21.3 Å². The van der Waals surface area contributed by atoms with Crippen molar-refractivity contribution in [2.75, 3.05) is 25.1 Å². The lowest BCUT2D eigenvalue weighted by Crippen LogP contribution is -2.48. The number of hydrogen-bond donors (Lipinski definition) is 2. The number of nitrogens with one attached hydrogen (secondary N) is 1. The van der Waals surface area contributed by atoms with Crippen molar-refractivity contribution in [3.8, 4) is 0 Å². The molecule has 2 heterocycles. The molecule has 206 valence electrons. The van der Waals surface area contributed by atoms with Crippen LogP contribution in [0.1, 0.15) is 46.1 Å². The Balaban J connectivity index is 2.26. The first-order valence-corrected chi connectivity index (χ1v) is 14.2. The predicted molar refractivity (Wildman–Crippen MR) is 144 cm³/mol. The van der Waals surface area contributed by atoms with Crippen molar-refractivity contribution >= 4 is 38.7 Å². The SMILES string of the molecule is CCCS(=N)(=O)c1nc(N)c2c(n1)n(Cc1ccccc1)c(=O)n2C(=O)N(C)[C@@H](CC(C)C)C(=O)OCC. The third kappa shape index (κ3) is 5.87. The number of fused-ring (bicyclic) bond motifs is 1. The molecule has 0 radical (unpaired) electrons. The second-order valence-electron chi connectivity index (χ2n) is 9.42. The molecular weight excluding hydrogens is 510 g/mol. The van der Waals surface area contributed by atoms with Gasteiger partial charge in [-0.1, -0.05) is 51.1 Å². The number of anilines is 1. The molecule has 1 amide bonds. The maximum Gasteiger partial charge on any atom is 0.339 e. The van der Waals surface area contributed by atoms with Crippen LogP contribution < -0.4 is 11.4 Å². The van der Waals surface area contributed by atoms with Gasteiger partial charge in [0.2, 0.25) is 5.16 Å². The zero-order valence-corrected chi connectivity index (χ0v) is 23.2. The number of benzene rings is 1. The van der Waals surface area contributed by atoms with E-state index in [-0.39, 0.29) is 47.0 Å². The molecule has 3 aromatic rings. The molecule has 0 aliphatic rings. The average molecular weight is 546 g/mol. The highest BCUT2D eigenvalue weighted by Gasteiger charge is 2.33. The molecule has 2 aromatic heterocycles. The van der Waals surface area contributed by atoms with Crippen LogP contribution in [0.4, 0.5) is 10.6 Å². The van der Waals surface area contributed by atoms with E-state index >= 15 is 0 Å². The number of esters is 1. The van der Waals surface area contributed by atoms with Gasteiger partial charge in [-0.2, -0.15) is 4.98 Å². The zero-order chi connectivity index (χ0) is 28.2. The summed E-state index contributed by atoms with van der Waals surface area (Å²) in [5, 5.41) is -0.298. The number of rotatable bonds is 10. The molecule has 1 unspecified atom stereocenters. The maximum atomic E-state index is 13.8. The summed E-state index contributed by atoms with van der Waals surface area (Å²) in [4.78, 5) is 49.8. The van der Waals surface area contributed by atoms with Crippen LogP contribution >= 0.6 is 0 Å². The third-order valence-electron chi connectivity index (χ3n) is 5.96. The molecule has 13 heteroatoms. The summed E-state index contributed by atoms with van der Waals surface area (Å²) in [6.07, 6.45) is 0.766.